The van der Waals surface area contributed by atoms with Crippen LogP contribution in [0.25, 0.3) is 0 Å². The second kappa shape index (κ2) is 6.33. The molecule has 0 saturated carbocycles. The van der Waals surface area contributed by atoms with Crippen LogP contribution in [-0.4, -0.2) is 61.4 Å². The molecule has 0 aromatic carbocycles. The van der Waals surface area contributed by atoms with E-state index in [1.165, 1.54) is 0 Å². The van der Waals surface area contributed by atoms with Crippen molar-refractivity contribution in [3.8, 4) is 0 Å². The van der Waals surface area contributed by atoms with Crippen LogP contribution >= 0.6 is 0 Å². The highest BCUT2D eigenvalue weighted by Gasteiger charge is 2.34. The van der Waals surface area contributed by atoms with Crippen molar-refractivity contribution in [2.45, 2.75) is 25.3 Å². The van der Waals surface area contributed by atoms with Crippen LogP contribution in [0.5, 0.6) is 0 Å². The van der Waals surface area contributed by atoms with E-state index in [9.17, 15) is 9.90 Å². The Bertz CT molecular complexity index is 246. The normalized spacial score (nSPS) is 29.5. The predicted molar refractivity (Wildman–Crippen MR) is 64.0 cm³/mol. The Morgan fingerprint density at radius 3 is 2.94 bits per heavy atom. The van der Waals surface area contributed by atoms with Crippen LogP contribution in [0.2, 0.25) is 0 Å². The van der Waals surface area contributed by atoms with E-state index in [-0.39, 0.29) is 12.0 Å². The van der Waals surface area contributed by atoms with Gasteiger partial charge in [-0.25, -0.2) is 0 Å². The second-order valence-corrected chi connectivity index (χ2v) is 4.90. The Morgan fingerprint density at radius 1 is 1.35 bits per heavy atom. The maximum atomic E-state index is 11.5. The van der Waals surface area contributed by atoms with Crippen LogP contribution in [0.3, 0.4) is 0 Å². The van der Waals surface area contributed by atoms with Gasteiger partial charge in [0.1, 0.15) is 6.04 Å². The Balaban J connectivity index is 2.01. The fourth-order valence-electron chi connectivity index (χ4n) is 2.82. The fraction of sp³-hybridized carbons (Fsp3) is 0.917. The molecule has 2 aliphatic heterocycles. The topological polar surface area (TPSA) is 61.8 Å². The molecule has 2 N–H and O–H groups in total. The van der Waals surface area contributed by atoms with E-state index in [4.69, 9.17) is 4.74 Å². The van der Waals surface area contributed by atoms with Crippen molar-refractivity contribution in [2.24, 2.45) is 5.92 Å². The Hall–Kier alpha value is -0.650. The molecule has 0 bridgehead atoms. The molecular weight excluding hydrogens is 220 g/mol. The molecule has 0 aliphatic carbocycles. The SMILES string of the molecule is O=C(O)C(C1CCCOC1)N1CCCNCC1. The average molecular weight is 242 g/mol. The van der Waals surface area contributed by atoms with Gasteiger partial charge in [0.15, 0.2) is 0 Å². The second-order valence-electron chi connectivity index (χ2n) is 4.90. The van der Waals surface area contributed by atoms with Crippen LogP contribution in [0, 0.1) is 5.92 Å². The zero-order valence-electron chi connectivity index (χ0n) is 10.2. The summed E-state index contributed by atoms with van der Waals surface area (Å²) in [5, 5.41) is 12.8. The number of carboxylic acids is 1. The number of nitrogens with one attached hydrogen (secondary N) is 1. The van der Waals surface area contributed by atoms with Gasteiger partial charge in [-0.1, -0.05) is 0 Å². The van der Waals surface area contributed by atoms with Crippen LogP contribution in [-0.2, 0) is 9.53 Å². The van der Waals surface area contributed by atoms with Gasteiger partial charge in [0.05, 0.1) is 6.61 Å². The van der Waals surface area contributed by atoms with Gasteiger partial charge in [-0.2, -0.15) is 0 Å². The number of nitrogens with zero attached hydrogens (tertiary/aromatic N) is 1. The molecule has 0 amide bonds. The molecule has 17 heavy (non-hydrogen) atoms. The van der Waals surface area contributed by atoms with Crippen molar-refractivity contribution in [3.05, 3.63) is 0 Å². The summed E-state index contributed by atoms with van der Waals surface area (Å²) >= 11 is 0. The summed E-state index contributed by atoms with van der Waals surface area (Å²) in [7, 11) is 0. The third kappa shape index (κ3) is 3.40. The van der Waals surface area contributed by atoms with Crippen LogP contribution in [0.15, 0.2) is 0 Å². The number of ether oxygens (including phenoxy) is 1. The summed E-state index contributed by atoms with van der Waals surface area (Å²) in [5.74, 6) is -0.540. The van der Waals surface area contributed by atoms with E-state index in [0.717, 1.165) is 52.0 Å². The monoisotopic (exact) mass is 242 g/mol. The van der Waals surface area contributed by atoms with E-state index in [1.807, 2.05) is 0 Å². The molecule has 2 atom stereocenters. The smallest absolute Gasteiger partial charge is 0.321 e. The molecule has 2 heterocycles. The summed E-state index contributed by atoms with van der Waals surface area (Å²) in [6.45, 7) is 4.96. The van der Waals surface area contributed by atoms with Crippen molar-refractivity contribution < 1.29 is 14.6 Å². The zero-order chi connectivity index (χ0) is 12.1. The molecule has 98 valence electrons. The van der Waals surface area contributed by atoms with Crippen molar-refractivity contribution in [1.29, 1.82) is 0 Å². The molecular formula is C12H22N2O3. The molecule has 0 radical (unpaired) electrons. The molecule has 5 nitrogen and oxygen atoms in total. The first-order valence-corrected chi connectivity index (χ1v) is 6.54. The first-order chi connectivity index (χ1) is 8.29. The van der Waals surface area contributed by atoms with Crippen molar-refractivity contribution >= 4 is 5.97 Å². The lowest BCUT2D eigenvalue weighted by molar-refractivity contribution is -0.147. The molecule has 2 aliphatic rings. The van der Waals surface area contributed by atoms with Gasteiger partial charge in [-0.15, -0.1) is 0 Å². The minimum absolute atomic E-state index is 0.152. The Morgan fingerprint density at radius 2 is 2.24 bits per heavy atom. The maximum Gasteiger partial charge on any atom is 0.321 e. The quantitative estimate of drug-likeness (QED) is 0.738. The maximum absolute atomic E-state index is 11.5. The number of carbonyl (C=O) groups is 1. The summed E-state index contributed by atoms with van der Waals surface area (Å²) in [5.41, 5.74) is 0. The summed E-state index contributed by atoms with van der Waals surface area (Å²) in [6, 6.07) is -0.366. The molecule has 2 fully saturated rings. The van der Waals surface area contributed by atoms with Crippen molar-refractivity contribution in [3.63, 3.8) is 0 Å². The van der Waals surface area contributed by atoms with Gasteiger partial charge in [-0.3, -0.25) is 9.69 Å². The number of carboxylic acid groups (broad SMARTS) is 1. The molecule has 2 saturated heterocycles. The third-order valence-electron chi connectivity index (χ3n) is 3.66. The van der Waals surface area contributed by atoms with Gasteiger partial charge in [0, 0.05) is 32.2 Å². The first-order valence-electron chi connectivity index (χ1n) is 6.54. The van der Waals surface area contributed by atoms with E-state index in [2.05, 4.69) is 10.2 Å². The molecule has 5 heteroatoms. The largest absolute Gasteiger partial charge is 0.480 e. The van der Waals surface area contributed by atoms with E-state index >= 15 is 0 Å². The lowest BCUT2D eigenvalue weighted by Gasteiger charge is -2.35. The Labute approximate surface area is 102 Å². The highest BCUT2D eigenvalue weighted by molar-refractivity contribution is 5.74. The molecule has 0 aromatic heterocycles. The van der Waals surface area contributed by atoms with Crippen LogP contribution in [0.1, 0.15) is 19.3 Å². The number of hydrogen-bond acceptors (Lipinski definition) is 4. The van der Waals surface area contributed by atoms with E-state index in [1.54, 1.807) is 0 Å². The summed E-state index contributed by atoms with van der Waals surface area (Å²) in [6.07, 6.45) is 2.98. The van der Waals surface area contributed by atoms with E-state index < -0.39 is 5.97 Å². The average Bonchev–Trinajstić information content (AvgIpc) is 2.59. The third-order valence-corrected chi connectivity index (χ3v) is 3.66. The Kier molecular flexibility index (Phi) is 4.76. The van der Waals surface area contributed by atoms with Crippen molar-refractivity contribution in [2.75, 3.05) is 39.4 Å². The van der Waals surface area contributed by atoms with Crippen LogP contribution in [0.4, 0.5) is 0 Å². The molecule has 2 unspecified atom stereocenters. The minimum atomic E-state index is -0.692. The number of aliphatic carboxylic acids is 1. The predicted octanol–water partition coefficient (Wildman–Crippen LogP) is 0.162. The van der Waals surface area contributed by atoms with Gasteiger partial charge in [-0.05, 0) is 25.8 Å². The van der Waals surface area contributed by atoms with Gasteiger partial charge >= 0.3 is 5.97 Å². The van der Waals surface area contributed by atoms with Gasteiger partial charge in [0.25, 0.3) is 0 Å². The first kappa shape index (κ1) is 12.8. The lowest BCUT2D eigenvalue weighted by Crippen LogP contribution is -2.49. The fourth-order valence-corrected chi connectivity index (χ4v) is 2.82. The van der Waals surface area contributed by atoms with Gasteiger partial charge < -0.3 is 15.2 Å². The molecule has 0 aromatic rings. The standard InChI is InChI=1S/C12H22N2O3/c15-12(16)11(10-3-1-8-17-9-10)14-6-2-4-13-5-7-14/h10-11,13H,1-9H2,(H,15,16). The number of rotatable bonds is 3. The summed E-state index contributed by atoms with van der Waals surface area (Å²) in [4.78, 5) is 13.6. The van der Waals surface area contributed by atoms with E-state index in [0.29, 0.717) is 6.61 Å². The van der Waals surface area contributed by atoms with Crippen LogP contribution < -0.4 is 5.32 Å². The highest BCUT2D eigenvalue weighted by Crippen LogP contribution is 2.22. The van der Waals surface area contributed by atoms with Crippen molar-refractivity contribution in [1.82, 2.24) is 10.2 Å². The lowest BCUT2D eigenvalue weighted by atomic mass is 9.92. The van der Waals surface area contributed by atoms with Gasteiger partial charge in [0.2, 0.25) is 0 Å². The molecule has 0 spiro atoms. The molecule has 2 rings (SSSR count). The number of hydrogen-bond donors (Lipinski definition) is 2. The minimum Gasteiger partial charge on any atom is -0.480 e. The zero-order valence-corrected chi connectivity index (χ0v) is 10.2. The highest BCUT2D eigenvalue weighted by atomic mass is 16.5. The summed E-state index contributed by atoms with van der Waals surface area (Å²) < 4.78 is 5.43.